The molecule has 0 saturated carbocycles. The summed E-state index contributed by atoms with van der Waals surface area (Å²) in [6.07, 6.45) is 0.229. The number of halogens is 1. The van der Waals surface area contributed by atoms with Gasteiger partial charge in [0.25, 0.3) is 0 Å². The molecule has 0 bridgehead atoms. The van der Waals surface area contributed by atoms with Crippen LogP contribution >= 0.6 is 15.9 Å². The van der Waals surface area contributed by atoms with Crippen molar-refractivity contribution < 1.29 is 24.2 Å². The minimum absolute atomic E-state index is 0.229. The lowest BCUT2D eigenvalue weighted by atomic mass is 10.1. The second kappa shape index (κ2) is 6.13. The maximum atomic E-state index is 11.9. The van der Waals surface area contributed by atoms with Crippen LogP contribution in [0.1, 0.15) is 13.3 Å². The minimum atomic E-state index is -1.14. The number of carboxylic acids is 1. The van der Waals surface area contributed by atoms with E-state index in [1.807, 2.05) is 0 Å². The lowest BCUT2D eigenvalue weighted by Crippen LogP contribution is -2.29. The molecule has 0 saturated heterocycles. The van der Waals surface area contributed by atoms with Crippen LogP contribution in [-0.4, -0.2) is 30.2 Å². The van der Waals surface area contributed by atoms with E-state index in [1.54, 1.807) is 19.1 Å². The standard InChI is InChI=1S/C13H14BrNO5/c1-2-8(13(17)18)12(16)15-7-5-9(14)11-10(6-7)19-3-4-20-11/h5-6,8H,2-4H2,1H3,(H,15,16)(H,17,18). The Morgan fingerprint density at radius 1 is 1.40 bits per heavy atom. The molecule has 1 aliphatic heterocycles. The minimum Gasteiger partial charge on any atom is -0.486 e. The molecule has 0 aromatic heterocycles. The number of carboxylic acid groups (broad SMARTS) is 1. The molecule has 1 unspecified atom stereocenters. The first-order chi connectivity index (χ1) is 9.52. The highest BCUT2D eigenvalue weighted by Crippen LogP contribution is 2.40. The summed E-state index contributed by atoms with van der Waals surface area (Å²) in [5.74, 6) is -1.66. The Morgan fingerprint density at radius 3 is 2.75 bits per heavy atom. The van der Waals surface area contributed by atoms with Gasteiger partial charge in [-0.25, -0.2) is 0 Å². The van der Waals surface area contributed by atoms with Crippen LogP contribution in [0.3, 0.4) is 0 Å². The zero-order valence-electron chi connectivity index (χ0n) is 10.8. The van der Waals surface area contributed by atoms with Crippen LogP contribution in [0, 0.1) is 5.92 Å². The largest absolute Gasteiger partial charge is 0.486 e. The van der Waals surface area contributed by atoms with E-state index in [-0.39, 0.29) is 6.42 Å². The summed E-state index contributed by atoms with van der Waals surface area (Å²) in [6, 6.07) is 3.27. The first-order valence-electron chi connectivity index (χ1n) is 6.15. The topological polar surface area (TPSA) is 84.9 Å². The first kappa shape index (κ1) is 14.6. The van der Waals surface area contributed by atoms with Crippen LogP contribution < -0.4 is 14.8 Å². The summed E-state index contributed by atoms with van der Waals surface area (Å²) < 4.78 is 11.5. The van der Waals surface area contributed by atoms with Gasteiger partial charge in [0.1, 0.15) is 19.1 Å². The fourth-order valence-corrected chi connectivity index (χ4v) is 2.44. The molecule has 0 fully saturated rings. The Bertz CT molecular complexity index is 546. The van der Waals surface area contributed by atoms with Crippen LogP contribution in [-0.2, 0) is 9.59 Å². The van der Waals surface area contributed by atoms with Crippen molar-refractivity contribution in [1.29, 1.82) is 0 Å². The quantitative estimate of drug-likeness (QED) is 0.819. The first-order valence-corrected chi connectivity index (χ1v) is 6.95. The van der Waals surface area contributed by atoms with Gasteiger partial charge in [0.05, 0.1) is 4.47 Å². The summed E-state index contributed by atoms with van der Waals surface area (Å²) >= 11 is 3.33. The average Bonchev–Trinajstić information content (AvgIpc) is 2.39. The van der Waals surface area contributed by atoms with Crippen molar-refractivity contribution in [2.75, 3.05) is 18.5 Å². The Morgan fingerprint density at radius 2 is 2.10 bits per heavy atom. The number of rotatable bonds is 4. The number of carbonyl (C=O) groups excluding carboxylic acids is 1. The zero-order valence-corrected chi connectivity index (χ0v) is 12.4. The molecule has 20 heavy (non-hydrogen) atoms. The number of hydrogen-bond acceptors (Lipinski definition) is 4. The molecule has 2 N–H and O–H groups in total. The van der Waals surface area contributed by atoms with E-state index < -0.39 is 17.8 Å². The van der Waals surface area contributed by atoms with Gasteiger partial charge in [0.2, 0.25) is 5.91 Å². The Balaban J connectivity index is 2.20. The molecule has 1 aromatic carbocycles. The maximum Gasteiger partial charge on any atom is 0.316 e. The summed E-state index contributed by atoms with van der Waals surface area (Å²) in [4.78, 5) is 22.8. The molecule has 0 aliphatic carbocycles. The molecule has 1 atom stereocenters. The molecular formula is C13H14BrNO5. The molecule has 2 rings (SSSR count). The molecule has 0 radical (unpaired) electrons. The number of carbonyl (C=O) groups is 2. The number of ether oxygens (including phenoxy) is 2. The van der Waals surface area contributed by atoms with E-state index in [0.29, 0.717) is 34.9 Å². The highest BCUT2D eigenvalue weighted by Gasteiger charge is 2.25. The Hall–Kier alpha value is -1.76. The fourth-order valence-electron chi connectivity index (χ4n) is 1.88. The second-order valence-electron chi connectivity index (χ2n) is 4.27. The van der Waals surface area contributed by atoms with Crippen LogP contribution in [0.15, 0.2) is 16.6 Å². The lowest BCUT2D eigenvalue weighted by molar-refractivity contribution is -0.145. The smallest absolute Gasteiger partial charge is 0.316 e. The number of nitrogens with one attached hydrogen (secondary N) is 1. The van der Waals surface area contributed by atoms with Gasteiger partial charge in [-0.1, -0.05) is 6.92 Å². The van der Waals surface area contributed by atoms with Crippen molar-refractivity contribution in [1.82, 2.24) is 0 Å². The van der Waals surface area contributed by atoms with E-state index in [9.17, 15) is 9.59 Å². The Kier molecular flexibility index (Phi) is 4.49. The molecule has 1 aliphatic rings. The highest BCUT2D eigenvalue weighted by atomic mass is 79.9. The average molecular weight is 344 g/mol. The molecule has 1 heterocycles. The van der Waals surface area contributed by atoms with E-state index in [2.05, 4.69) is 21.2 Å². The van der Waals surface area contributed by atoms with Gasteiger partial charge in [-0.3, -0.25) is 9.59 Å². The molecule has 1 aromatic rings. The molecule has 7 heteroatoms. The van der Waals surface area contributed by atoms with E-state index >= 15 is 0 Å². The third-order valence-electron chi connectivity index (χ3n) is 2.89. The third kappa shape index (κ3) is 3.04. The van der Waals surface area contributed by atoms with Crippen molar-refractivity contribution in [2.45, 2.75) is 13.3 Å². The van der Waals surface area contributed by atoms with Gasteiger partial charge in [-0.2, -0.15) is 0 Å². The van der Waals surface area contributed by atoms with Gasteiger partial charge in [0.15, 0.2) is 11.5 Å². The van der Waals surface area contributed by atoms with Crippen molar-refractivity contribution in [3.8, 4) is 11.5 Å². The summed E-state index contributed by atoms with van der Waals surface area (Å²) in [5, 5.41) is 11.5. The highest BCUT2D eigenvalue weighted by molar-refractivity contribution is 9.10. The van der Waals surface area contributed by atoms with Crippen LogP contribution in [0.5, 0.6) is 11.5 Å². The molecular weight excluding hydrogens is 330 g/mol. The maximum absolute atomic E-state index is 11.9. The second-order valence-corrected chi connectivity index (χ2v) is 5.12. The molecule has 1 amide bonds. The van der Waals surface area contributed by atoms with Crippen molar-refractivity contribution in [3.05, 3.63) is 16.6 Å². The van der Waals surface area contributed by atoms with Crippen molar-refractivity contribution >= 4 is 33.5 Å². The lowest BCUT2D eigenvalue weighted by Gasteiger charge is -2.21. The SMILES string of the molecule is CCC(C(=O)O)C(=O)Nc1cc(Br)c2c(c1)OCCO2. The van der Waals surface area contributed by atoms with Crippen molar-refractivity contribution in [2.24, 2.45) is 5.92 Å². The number of aliphatic carboxylic acids is 1. The summed E-state index contributed by atoms with van der Waals surface area (Å²) in [7, 11) is 0. The van der Waals surface area contributed by atoms with Crippen LogP contribution in [0.2, 0.25) is 0 Å². The van der Waals surface area contributed by atoms with Crippen molar-refractivity contribution in [3.63, 3.8) is 0 Å². The van der Waals surface area contributed by atoms with E-state index in [4.69, 9.17) is 14.6 Å². The molecule has 108 valence electrons. The van der Waals surface area contributed by atoms with Gasteiger partial charge in [-0.05, 0) is 28.4 Å². The molecule has 0 spiro atoms. The zero-order chi connectivity index (χ0) is 14.7. The predicted octanol–water partition coefficient (Wildman–Crippen LogP) is 2.27. The van der Waals surface area contributed by atoms with E-state index in [1.165, 1.54) is 0 Å². The molecule has 6 nitrogen and oxygen atoms in total. The van der Waals surface area contributed by atoms with Crippen LogP contribution in [0.4, 0.5) is 5.69 Å². The normalized spacial score (nSPS) is 14.5. The van der Waals surface area contributed by atoms with Gasteiger partial charge < -0.3 is 19.9 Å². The number of amides is 1. The number of anilines is 1. The fraction of sp³-hybridized carbons (Fsp3) is 0.385. The monoisotopic (exact) mass is 343 g/mol. The summed E-state index contributed by atoms with van der Waals surface area (Å²) in [5.41, 5.74) is 0.464. The predicted molar refractivity (Wildman–Crippen MR) is 75.2 cm³/mol. The van der Waals surface area contributed by atoms with Gasteiger partial charge in [-0.15, -0.1) is 0 Å². The number of benzene rings is 1. The number of hydrogen-bond donors (Lipinski definition) is 2. The van der Waals surface area contributed by atoms with Crippen LogP contribution in [0.25, 0.3) is 0 Å². The van der Waals surface area contributed by atoms with Gasteiger partial charge >= 0.3 is 5.97 Å². The third-order valence-corrected chi connectivity index (χ3v) is 3.48. The number of fused-ring (bicyclic) bond motifs is 1. The van der Waals surface area contributed by atoms with Gasteiger partial charge in [0, 0.05) is 11.8 Å². The summed E-state index contributed by atoms with van der Waals surface area (Å²) in [6.45, 7) is 2.55. The van der Waals surface area contributed by atoms with E-state index in [0.717, 1.165) is 0 Å². The Labute approximate surface area is 124 Å².